The van der Waals surface area contributed by atoms with Gasteiger partial charge in [-0.3, -0.25) is 14.1 Å². The molecule has 1 amide bonds. The Kier molecular flexibility index (Phi) is 5.46. The van der Waals surface area contributed by atoms with E-state index in [1.165, 1.54) is 0 Å². The zero-order valence-electron chi connectivity index (χ0n) is 17.4. The minimum atomic E-state index is -0.0437. The highest BCUT2D eigenvalue weighted by Crippen LogP contribution is 2.20. The number of fused-ring (bicyclic) bond motifs is 2. The van der Waals surface area contributed by atoms with Gasteiger partial charge in [0.2, 0.25) is 5.91 Å². The maximum Gasteiger partial charge on any atom is 0.246 e. The van der Waals surface area contributed by atoms with E-state index in [4.69, 9.17) is 17.3 Å². The molecule has 0 radical (unpaired) electrons. The maximum atomic E-state index is 12.7. The van der Waals surface area contributed by atoms with Crippen molar-refractivity contribution >= 4 is 46.0 Å². The summed E-state index contributed by atoms with van der Waals surface area (Å²) in [6.45, 7) is 3.35. The van der Waals surface area contributed by atoms with E-state index < -0.39 is 0 Å². The molecule has 1 saturated heterocycles. The Labute approximate surface area is 189 Å². The van der Waals surface area contributed by atoms with E-state index in [2.05, 4.69) is 19.9 Å². The number of amides is 1. The van der Waals surface area contributed by atoms with Crippen LogP contribution in [0.15, 0.2) is 54.7 Å². The number of hydrogen-bond acceptors (Lipinski definition) is 6. The van der Waals surface area contributed by atoms with Gasteiger partial charge in [-0.1, -0.05) is 29.8 Å². The molecule has 1 aromatic carbocycles. The number of benzene rings is 1. The molecule has 9 heteroatoms. The predicted molar refractivity (Wildman–Crippen MR) is 125 cm³/mol. The summed E-state index contributed by atoms with van der Waals surface area (Å²) >= 11 is 6.24. The third-order valence-corrected chi connectivity index (χ3v) is 5.91. The smallest absolute Gasteiger partial charge is 0.246 e. The van der Waals surface area contributed by atoms with Gasteiger partial charge in [0.25, 0.3) is 0 Å². The molecule has 3 aromatic heterocycles. The second-order valence-electron chi connectivity index (χ2n) is 7.69. The standard InChI is InChI=1S/C23H22ClN7O/c24-22-18(31-10-4-3-7-20(31)28-22)8-9-21(32)30-13-11-29(12-14-30)15-19-26-17-6-2-1-5-16(17)23(25)27-19/h1-10H,11-15H2,(H2,25,26,27)/b9-8+. The molecule has 1 aliphatic rings. The van der Waals surface area contributed by atoms with Crippen LogP contribution in [-0.2, 0) is 11.3 Å². The van der Waals surface area contributed by atoms with Crippen LogP contribution in [0.1, 0.15) is 11.5 Å². The topological polar surface area (TPSA) is 92.6 Å². The molecule has 4 heterocycles. The quantitative estimate of drug-likeness (QED) is 0.483. The number of imidazole rings is 1. The molecule has 0 saturated carbocycles. The molecule has 0 atom stereocenters. The molecule has 8 nitrogen and oxygen atoms in total. The van der Waals surface area contributed by atoms with E-state index in [1.54, 1.807) is 12.2 Å². The van der Waals surface area contributed by atoms with Crippen molar-refractivity contribution < 1.29 is 4.79 Å². The first-order valence-corrected chi connectivity index (χ1v) is 10.8. The maximum absolute atomic E-state index is 12.7. The average Bonchev–Trinajstić information content (AvgIpc) is 3.13. The SMILES string of the molecule is Nc1nc(CN2CCN(C(=O)/C=C/c3c(Cl)nc4ccccn34)CC2)nc2ccccc12. The van der Waals surface area contributed by atoms with Crippen molar-refractivity contribution in [2.45, 2.75) is 6.54 Å². The van der Waals surface area contributed by atoms with Gasteiger partial charge in [-0.25, -0.2) is 15.0 Å². The van der Waals surface area contributed by atoms with Crippen LogP contribution in [0.25, 0.3) is 22.6 Å². The van der Waals surface area contributed by atoms with Gasteiger partial charge >= 0.3 is 0 Å². The molecule has 0 unspecified atom stereocenters. The average molecular weight is 448 g/mol. The molecule has 4 aromatic rings. The Morgan fingerprint density at radius 3 is 2.66 bits per heavy atom. The fourth-order valence-corrected chi connectivity index (χ4v) is 4.18. The fourth-order valence-electron chi connectivity index (χ4n) is 3.94. The number of anilines is 1. The number of carbonyl (C=O) groups is 1. The van der Waals surface area contributed by atoms with Gasteiger partial charge < -0.3 is 10.6 Å². The highest BCUT2D eigenvalue weighted by Gasteiger charge is 2.21. The number of halogens is 1. The molecular weight excluding hydrogens is 426 g/mol. The number of rotatable bonds is 4. The lowest BCUT2D eigenvalue weighted by atomic mass is 10.2. The lowest BCUT2D eigenvalue weighted by Crippen LogP contribution is -2.48. The van der Waals surface area contributed by atoms with Crippen molar-refractivity contribution in [1.82, 2.24) is 29.2 Å². The number of aromatic nitrogens is 4. The summed E-state index contributed by atoms with van der Waals surface area (Å²) in [5, 5.41) is 1.24. The summed E-state index contributed by atoms with van der Waals surface area (Å²) < 4.78 is 1.86. The first-order chi connectivity index (χ1) is 15.6. The third-order valence-electron chi connectivity index (χ3n) is 5.63. The molecule has 1 aliphatic heterocycles. The summed E-state index contributed by atoms with van der Waals surface area (Å²) in [6.07, 6.45) is 5.16. The zero-order chi connectivity index (χ0) is 22.1. The highest BCUT2D eigenvalue weighted by atomic mass is 35.5. The molecule has 2 N–H and O–H groups in total. The van der Waals surface area contributed by atoms with Crippen LogP contribution in [0.4, 0.5) is 5.82 Å². The summed E-state index contributed by atoms with van der Waals surface area (Å²) in [5.41, 5.74) is 8.38. The monoisotopic (exact) mass is 447 g/mol. The van der Waals surface area contributed by atoms with E-state index in [0.717, 1.165) is 29.6 Å². The number of carbonyl (C=O) groups excluding carboxylic acids is 1. The largest absolute Gasteiger partial charge is 0.383 e. The second-order valence-corrected chi connectivity index (χ2v) is 8.05. The second kappa shape index (κ2) is 8.57. The first-order valence-electron chi connectivity index (χ1n) is 10.4. The highest BCUT2D eigenvalue weighted by molar-refractivity contribution is 6.31. The van der Waals surface area contributed by atoms with Gasteiger partial charge in [0.05, 0.1) is 17.8 Å². The van der Waals surface area contributed by atoms with E-state index in [9.17, 15) is 4.79 Å². The Hall–Kier alpha value is -3.49. The van der Waals surface area contributed by atoms with Gasteiger partial charge in [0.1, 0.15) is 17.3 Å². The Balaban J connectivity index is 1.21. The fraction of sp³-hybridized carbons (Fsp3) is 0.217. The minimum Gasteiger partial charge on any atom is -0.383 e. The molecular formula is C23H22ClN7O. The van der Waals surface area contributed by atoms with Crippen molar-refractivity contribution in [3.8, 4) is 0 Å². The zero-order valence-corrected chi connectivity index (χ0v) is 18.1. The molecule has 0 aliphatic carbocycles. The van der Waals surface area contributed by atoms with Crippen molar-refractivity contribution in [2.75, 3.05) is 31.9 Å². The van der Waals surface area contributed by atoms with Crippen molar-refractivity contribution in [3.63, 3.8) is 0 Å². The van der Waals surface area contributed by atoms with Gasteiger partial charge in [-0.05, 0) is 30.3 Å². The summed E-state index contributed by atoms with van der Waals surface area (Å²) in [7, 11) is 0. The van der Waals surface area contributed by atoms with Crippen LogP contribution in [0.3, 0.4) is 0 Å². The number of para-hydroxylation sites is 1. The predicted octanol–water partition coefficient (Wildman–Crippen LogP) is 2.87. The van der Waals surface area contributed by atoms with Crippen LogP contribution >= 0.6 is 11.6 Å². The molecule has 0 spiro atoms. The van der Waals surface area contributed by atoms with Gasteiger partial charge in [0.15, 0.2) is 5.15 Å². The normalized spacial score (nSPS) is 15.2. The van der Waals surface area contributed by atoms with Gasteiger partial charge in [-0.15, -0.1) is 0 Å². The Morgan fingerprint density at radius 2 is 1.81 bits per heavy atom. The van der Waals surface area contributed by atoms with Gasteiger partial charge in [-0.2, -0.15) is 0 Å². The number of piperazine rings is 1. The lowest BCUT2D eigenvalue weighted by Gasteiger charge is -2.33. The molecule has 5 rings (SSSR count). The van der Waals surface area contributed by atoms with E-state index >= 15 is 0 Å². The van der Waals surface area contributed by atoms with E-state index in [1.807, 2.05) is 58.0 Å². The number of nitrogens with zero attached hydrogens (tertiary/aromatic N) is 6. The molecule has 0 bridgehead atoms. The van der Waals surface area contributed by atoms with Crippen LogP contribution < -0.4 is 5.73 Å². The summed E-state index contributed by atoms with van der Waals surface area (Å²) in [5.74, 6) is 1.15. The van der Waals surface area contributed by atoms with Crippen LogP contribution in [0.5, 0.6) is 0 Å². The third kappa shape index (κ3) is 4.02. The van der Waals surface area contributed by atoms with E-state index in [0.29, 0.717) is 42.1 Å². The number of pyridine rings is 1. The van der Waals surface area contributed by atoms with Crippen LogP contribution in [0.2, 0.25) is 5.15 Å². The van der Waals surface area contributed by atoms with Crippen molar-refractivity contribution in [1.29, 1.82) is 0 Å². The van der Waals surface area contributed by atoms with Gasteiger partial charge in [0, 0.05) is 43.8 Å². The Morgan fingerprint density at radius 1 is 1.03 bits per heavy atom. The minimum absolute atomic E-state index is 0.0437. The lowest BCUT2D eigenvalue weighted by molar-refractivity contribution is -0.127. The Bertz CT molecular complexity index is 1320. The number of nitrogens with two attached hydrogens (primary N) is 1. The number of nitrogen functional groups attached to an aromatic ring is 1. The molecule has 162 valence electrons. The summed E-state index contributed by atoms with van der Waals surface area (Å²) in [4.78, 5) is 30.2. The molecule has 1 fully saturated rings. The summed E-state index contributed by atoms with van der Waals surface area (Å²) in [6, 6.07) is 13.4. The number of hydrogen-bond donors (Lipinski definition) is 1. The van der Waals surface area contributed by atoms with Crippen LogP contribution in [-0.4, -0.2) is 61.2 Å². The van der Waals surface area contributed by atoms with Crippen molar-refractivity contribution in [2.24, 2.45) is 0 Å². The van der Waals surface area contributed by atoms with Crippen molar-refractivity contribution in [3.05, 3.63) is 71.4 Å². The van der Waals surface area contributed by atoms with Crippen LogP contribution in [0, 0.1) is 0 Å². The first kappa shape index (κ1) is 20.4. The van der Waals surface area contributed by atoms with E-state index in [-0.39, 0.29) is 5.91 Å². The molecule has 32 heavy (non-hydrogen) atoms.